The smallest absolute Gasteiger partial charge is 0.227 e. The molecule has 1 N–H and O–H groups in total. The van der Waals surface area contributed by atoms with Crippen molar-refractivity contribution in [2.75, 3.05) is 6.54 Å². The van der Waals surface area contributed by atoms with E-state index in [2.05, 4.69) is 29.3 Å². The molecule has 0 aliphatic carbocycles. The molecule has 0 amide bonds. The zero-order valence-corrected chi connectivity index (χ0v) is 10.6. The summed E-state index contributed by atoms with van der Waals surface area (Å²) in [7, 11) is 0. The van der Waals surface area contributed by atoms with Crippen LogP contribution in [0.5, 0.6) is 0 Å². The number of nitrogens with one attached hydrogen (secondary N) is 1. The Morgan fingerprint density at radius 2 is 2.19 bits per heavy atom. The lowest BCUT2D eigenvalue weighted by Crippen LogP contribution is -2.28. The molecule has 92 valence electrons. The second kappa shape index (κ2) is 7.39. The predicted octanol–water partition coefficient (Wildman–Crippen LogP) is 2.48. The molecular formula is C12H23N3O. The van der Waals surface area contributed by atoms with Crippen molar-refractivity contribution in [3.63, 3.8) is 0 Å². The van der Waals surface area contributed by atoms with E-state index >= 15 is 0 Å². The fourth-order valence-electron chi connectivity index (χ4n) is 1.67. The van der Waals surface area contributed by atoms with Gasteiger partial charge in [0.1, 0.15) is 0 Å². The minimum absolute atomic E-state index is 0.579. The third-order valence-electron chi connectivity index (χ3n) is 2.64. The maximum atomic E-state index is 5.04. The van der Waals surface area contributed by atoms with Crippen LogP contribution in [-0.4, -0.2) is 22.7 Å². The Morgan fingerprint density at radius 1 is 1.38 bits per heavy atom. The van der Waals surface area contributed by atoms with Gasteiger partial charge in [-0.25, -0.2) is 0 Å². The second-order valence-electron chi connectivity index (χ2n) is 4.34. The Morgan fingerprint density at radius 3 is 2.81 bits per heavy atom. The van der Waals surface area contributed by atoms with Crippen LogP contribution in [0.3, 0.4) is 0 Å². The van der Waals surface area contributed by atoms with E-state index in [4.69, 9.17) is 4.52 Å². The van der Waals surface area contributed by atoms with E-state index in [0.717, 1.165) is 18.9 Å². The first kappa shape index (κ1) is 13.2. The summed E-state index contributed by atoms with van der Waals surface area (Å²) in [5, 5.41) is 7.23. The van der Waals surface area contributed by atoms with Gasteiger partial charge in [-0.3, -0.25) is 0 Å². The average molecular weight is 225 g/mol. The fourth-order valence-corrected chi connectivity index (χ4v) is 1.67. The molecule has 0 saturated heterocycles. The van der Waals surface area contributed by atoms with Gasteiger partial charge >= 0.3 is 0 Å². The SMILES string of the molecule is CCCCCC(C)NCCc1nc(C)no1. The molecule has 0 saturated carbocycles. The normalized spacial score (nSPS) is 12.9. The largest absolute Gasteiger partial charge is 0.339 e. The standard InChI is InChI=1S/C12H23N3O/c1-4-5-6-7-10(2)13-9-8-12-14-11(3)15-16-12/h10,13H,4-9H2,1-3H3. The molecule has 0 bridgehead atoms. The van der Waals surface area contributed by atoms with Crippen LogP contribution in [0.2, 0.25) is 0 Å². The van der Waals surface area contributed by atoms with Crippen molar-refractivity contribution >= 4 is 0 Å². The molecule has 0 aromatic carbocycles. The summed E-state index contributed by atoms with van der Waals surface area (Å²) in [5.41, 5.74) is 0. The maximum absolute atomic E-state index is 5.04. The molecule has 0 aliphatic rings. The summed E-state index contributed by atoms with van der Waals surface area (Å²) >= 11 is 0. The molecule has 0 aliphatic heterocycles. The molecule has 0 radical (unpaired) electrons. The zero-order chi connectivity index (χ0) is 11.8. The van der Waals surface area contributed by atoms with Crippen LogP contribution in [0.4, 0.5) is 0 Å². The van der Waals surface area contributed by atoms with Crippen LogP contribution >= 0.6 is 0 Å². The summed E-state index contributed by atoms with van der Waals surface area (Å²) in [6.45, 7) is 7.22. The molecule has 1 rings (SSSR count). The van der Waals surface area contributed by atoms with Gasteiger partial charge in [0.05, 0.1) is 0 Å². The van der Waals surface area contributed by atoms with Gasteiger partial charge in [-0.05, 0) is 20.3 Å². The number of nitrogens with zero attached hydrogens (tertiary/aromatic N) is 2. The van der Waals surface area contributed by atoms with E-state index in [-0.39, 0.29) is 0 Å². The van der Waals surface area contributed by atoms with Gasteiger partial charge in [-0.1, -0.05) is 31.3 Å². The topological polar surface area (TPSA) is 51.0 Å². The van der Waals surface area contributed by atoms with Crippen LogP contribution < -0.4 is 5.32 Å². The highest BCUT2D eigenvalue weighted by atomic mass is 16.5. The van der Waals surface area contributed by atoms with Crippen molar-refractivity contribution in [3.8, 4) is 0 Å². The Hall–Kier alpha value is -0.900. The molecule has 1 heterocycles. The lowest BCUT2D eigenvalue weighted by molar-refractivity contribution is 0.368. The van der Waals surface area contributed by atoms with E-state index in [1.807, 2.05) is 6.92 Å². The molecule has 4 heteroatoms. The Kier molecular flexibility index (Phi) is 6.08. The number of unbranched alkanes of at least 4 members (excludes halogenated alkanes) is 2. The van der Waals surface area contributed by atoms with Gasteiger partial charge in [0.2, 0.25) is 5.89 Å². The highest BCUT2D eigenvalue weighted by molar-refractivity contribution is 4.83. The average Bonchev–Trinajstić information content (AvgIpc) is 2.65. The third kappa shape index (κ3) is 5.26. The number of hydrogen-bond donors (Lipinski definition) is 1. The molecule has 1 atom stereocenters. The van der Waals surface area contributed by atoms with Crippen LogP contribution in [0.1, 0.15) is 51.2 Å². The van der Waals surface area contributed by atoms with Gasteiger partial charge in [-0.2, -0.15) is 4.98 Å². The van der Waals surface area contributed by atoms with Crippen LogP contribution in [0, 0.1) is 6.92 Å². The van der Waals surface area contributed by atoms with E-state index in [0.29, 0.717) is 11.9 Å². The lowest BCUT2D eigenvalue weighted by atomic mass is 10.1. The van der Waals surface area contributed by atoms with Gasteiger partial charge in [0.25, 0.3) is 0 Å². The van der Waals surface area contributed by atoms with E-state index in [1.165, 1.54) is 25.7 Å². The van der Waals surface area contributed by atoms with Gasteiger partial charge in [-0.15, -0.1) is 0 Å². The molecule has 0 spiro atoms. The Bertz CT molecular complexity index is 286. The Labute approximate surface area is 97.8 Å². The van der Waals surface area contributed by atoms with Crippen molar-refractivity contribution in [2.45, 2.75) is 58.9 Å². The van der Waals surface area contributed by atoms with Crippen LogP contribution in [-0.2, 0) is 6.42 Å². The number of aryl methyl sites for hydroxylation is 1. The summed E-state index contributed by atoms with van der Waals surface area (Å²) in [6.07, 6.45) is 5.99. The molecule has 4 nitrogen and oxygen atoms in total. The molecule has 16 heavy (non-hydrogen) atoms. The minimum Gasteiger partial charge on any atom is -0.339 e. The van der Waals surface area contributed by atoms with Gasteiger partial charge in [0, 0.05) is 19.0 Å². The van der Waals surface area contributed by atoms with E-state index < -0.39 is 0 Å². The predicted molar refractivity (Wildman–Crippen MR) is 64.3 cm³/mol. The number of hydrogen-bond acceptors (Lipinski definition) is 4. The molecule has 1 aromatic heterocycles. The van der Waals surface area contributed by atoms with Crippen molar-refractivity contribution < 1.29 is 4.52 Å². The molecule has 1 unspecified atom stereocenters. The summed E-state index contributed by atoms with van der Waals surface area (Å²) in [4.78, 5) is 4.17. The quantitative estimate of drug-likeness (QED) is 0.691. The molecular weight excluding hydrogens is 202 g/mol. The maximum Gasteiger partial charge on any atom is 0.227 e. The first-order chi connectivity index (χ1) is 7.72. The van der Waals surface area contributed by atoms with E-state index in [9.17, 15) is 0 Å². The van der Waals surface area contributed by atoms with Crippen molar-refractivity contribution in [1.82, 2.24) is 15.5 Å². The highest BCUT2D eigenvalue weighted by Crippen LogP contribution is 2.03. The Balaban J connectivity index is 2.06. The minimum atomic E-state index is 0.579. The van der Waals surface area contributed by atoms with Crippen LogP contribution in [0.15, 0.2) is 4.52 Å². The fraction of sp³-hybridized carbons (Fsp3) is 0.833. The number of aromatic nitrogens is 2. The van der Waals surface area contributed by atoms with Gasteiger partial charge < -0.3 is 9.84 Å². The summed E-state index contributed by atoms with van der Waals surface area (Å²) < 4.78 is 5.04. The highest BCUT2D eigenvalue weighted by Gasteiger charge is 2.04. The second-order valence-corrected chi connectivity index (χ2v) is 4.34. The lowest BCUT2D eigenvalue weighted by Gasteiger charge is -2.12. The van der Waals surface area contributed by atoms with Crippen LogP contribution in [0.25, 0.3) is 0 Å². The first-order valence-electron chi connectivity index (χ1n) is 6.25. The van der Waals surface area contributed by atoms with Crippen molar-refractivity contribution in [1.29, 1.82) is 0 Å². The zero-order valence-electron chi connectivity index (χ0n) is 10.6. The molecule has 1 aromatic rings. The van der Waals surface area contributed by atoms with Crippen molar-refractivity contribution in [2.24, 2.45) is 0 Å². The molecule has 0 fully saturated rings. The monoisotopic (exact) mass is 225 g/mol. The van der Waals surface area contributed by atoms with Crippen molar-refractivity contribution in [3.05, 3.63) is 11.7 Å². The van der Waals surface area contributed by atoms with E-state index in [1.54, 1.807) is 0 Å². The van der Waals surface area contributed by atoms with Gasteiger partial charge in [0.15, 0.2) is 5.82 Å². The summed E-state index contributed by atoms with van der Waals surface area (Å²) in [5.74, 6) is 1.44. The number of rotatable bonds is 8. The summed E-state index contributed by atoms with van der Waals surface area (Å²) in [6, 6.07) is 0.579. The first-order valence-corrected chi connectivity index (χ1v) is 6.25. The third-order valence-corrected chi connectivity index (χ3v) is 2.64.